The van der Waals surface area contributed by atoms with Gasteiger partial charge < -0.3 is 25.4 Å². The first-order valence-corrected chi connectivity index (χ1v) is 10.1. The zero-order chi connectivity index (χ0) is 22.7. The molecule has 0 saturated heterocycles. The Labute approximate surface area is 183 Å². The SMILES string of the molecule is CNC(=O)C=C1CC=C(Nc2ncc(F)c(Nc3ccc4c(c3)OCC(C)O4)n2)C(=O)C1. The van der Waals surface area contributed by atoms with Crippen molar-refractivity contribution in [1.29, 1.82) is 0 Å². The Kier molecular flexibility index (Phi) is 6.02. The average Bonchev–Trinajstić information content (AvgIpc) is 2.78. The summed E-state index contributed by atoms with van der Waals surface area (Å²) in [5.41, 5.74) is 1.56. The van der Waals surface area contributed by atoms with Gasteiger partial charge in [0.05, 0.1) is 11.9 Å². The van der Waals surface area contributed by atoms with Crippen LogP contribution in [0.3, 0.4) is 0 Å². The maximum absolute atomic E-state index is 14.3. The molecule has 2 aromatic rings. The van der Waals surface area contributed by atoms with E-state index >= 15 is 0 Å². The fraction of sp³-hybridized carbons (Fsp3) is 0.273. The highest BCUT2D eigenvalue weighted by molar-refractivity contribution is 6.01. The highest BCUT2D eigenvalue weighted by atomic mass is 19.1. The number of hydrogen-bond donors (Lipinski definition) is 3. The van der Waals surface area contributed by atoms with E-state index in [1.165, 1.54) is 13.1 Å². The van der Waals surface area contributed by atoms with Gasteiger partial charge >= 0.3 is 0 Å². The zero-order valence-corrected chi connectivity index (χ0v) is 17.6. The van der Waals surface area contributed by atoms with E-state index in [0.29, 0.717) is 41.5 Å². The molecule has 1 aliphatic heterocycles. The highest BCUT2D eigenvalue weighted by Crippen LogP contribution is 2.35. The number of halogens is 1. The molecular weight excluding hydrogens is 417 g/mol. The van der Waals surface area contributed by atoms with Crippen molar-refractivity contribution in [3.05, 3.63) is 53.6 Å². The third kappa shape index (κ3) is 4.85. The number of benzene rings is 1. The summed E-state index contributed by atoms with van der Waals surface area (Å²) >= 11 is 0. The van der Waals surface area contributed by atoms with Crippen LogP contribution >= 0.6 is 0 Å². The Bertz CT molecular complexity index is 1130. The van der Waals surface area contributed by atoms with Crippen molar-refractivity contribution in [3.8, 4) is 11.5 Å². The summed E-state index contributed by atoms with van der Waals surface area (Å²) in [6.45, 7) is 2.33. The number of ether oxygens (including phenoxy) is 2. The second-order valence-electron chi connectivity index (χ2n) is 7.38. The summed E-state index contributed by atoms with van der Waals surface area (Å²) in [5, 5.41) is 8.22. The summed E-state index contributed by atoms with van der Waals surface area (Å²) in [6, 6.07) is 5.16. The average molecular weight is 439 g/mol. The van der Waals surface area contributed by atoms with Crippen LogP contribution in [0, 0.1) is 5.82 Å². The van der Waals surface area contributed by atoms with Crippen LogP contribution in [0.5, 0.6) is 11.5 Å². The van der Waals surface area contributed by atoms with E-state index in [-0.39, 0.29) is 36.0 Å². The standard InChI is InChI=1S/C22H22FN5O4/c1-12-11-31-19-9-14(4-6-18(19)32-12)26-21-15(23)10-25-22(28-21)27-16-5-3-13(7-17(16)29)8-20(30)24-2/h4-6,8-10,12H,3,7,11H2,1-2H3,(H,24,30)(H2,25,26,27,28). The summed E-state index contributed by atoms with van der Waals surface area (Å²) in [7, 11) is 1.52. The molecule has 2 heterocycles. The second-order valence-corrected chi connectivity index (χ2v) is 7.38. The molecule has 0 bridgehead atoms. The fourth-order valence-corrected chi connectivity index (χ4v) is 3.23. The minimum Gasteiger partial charge on any atom is -0.486 e. The first-order chi connectivity index (χ1) is 15.4. The van der Waals surface area contributed by atoms with Gasteiger partial charge in [-0.3, -0.25) is 9.59 Å². The van der Waals surface area contributed by atoms with E-state index in [1.807, 2.05) is 6.92 Å². The predicted molar refractivity (Wildman–Crippen MR) is 115 cm³/mol. The van der Waals surface area contributed by atoms with Crippen molar-refractivity contribution in [1.82, 2.24) is 15.3 Å². The highest BCUT2D eigenvalue weighted by Gasteiger charge is 2.20. The summed E-state index contributed by atoms with van der Waals surface area (Å²) in [6.07, 6.45) is 4.58. The number of anilines is 3. The number of carbonyl (C=O) groups is 2. The number of likely N-dealkylation sites (N-methyl/N-ethyl adjacent to an activating group) is 1. The summed E-state index contributed by atoms with van der Waals surface area (Å²) < 4.78 is 25.6. The van der Waals surface area contributed by atoms with Crippen LogP contribution in [0.25, 0.3) is 0 Å². The Hall–Kier alpha value is -3.95. The van der Waals surface area contributed by atoms with E-state index in [9.17, 15) is 14.0 Å². The Morgan fingerprint density at radius 2 is 2.12 bits per heavy atom. The quantitative estimate of drug-likeness (QED) is 0.610. The van der Waals surface area contributed by atoms with Gasteiger partial charge in [-0.2, -0.15) is 4.98 Å². The van der Waals surface area contributed by atoms with Gasteiger partial charge in [-0.05, 0) is 25.5 Å². The molecule has 0 saturated carbocycles. The van der Waals surface area contributed by atoms with Gasteiger partial charge in [0.1, 0.15) is 12.7 Å². The van der Waals surface area contributed by atoms with Crippen LogP contribution in [-0.4, -0.2) is 41.4 Å². The van der Waals surface area contributed by atoms with Crippen molar-refractivity contribution in [2.75, 3.05) is 24.3 Å². The number of nitrogens with zero attached hydrogens (tertiary/aromatic N) is 2. The van der Waals surface area contributed by atoms with Gasteiger partial charge in [0.2, 0.25) is 11.9 Å². The second kappa shape index (κ2) is 9.04. The Morgan fingerprint density at radius 1 is 1.28 bits per heavy atom. The number of Topliss-reactive ketones (excluding diaryl/α,β-unsaturated/α-hetero) is 1. The molecule has 10 heteroatoms. The van der Waals surface area contributed by atoms with Crippen LogP contribution in [0.2, 0.25) is 0 Å². The van der Waals surface area contributed by atoms with Crippen LogP contribution in [0.15, 0.2) is 47.8 Å². The number of rotatable bonds is 5. The molecule has 166 valence electrons. The van der Waals surface area contributed by atoms with E-state index in [0.717, 1.165) is 6.20 Å². The number of allylic oxidation sites excluding steroid dienone is 3. The van der Waals surface area contributed by atoms with Gasteiger partial charge in [-0.1, -0.05) is 11.6 Å². The third-order valence-electron chi connectivity index (χ3n) is 4.84. The van der Waals surface area contributed by atoms with Gasteiger partial charge in [-0.15, -0.1) is 0 Å². The lowest BCUT2D eigenvalue weighted by Crippen LogP contribution is -2.25. The number of amides is 1. The number of ketones is 1. The maximum Gasteiger partial charge on any atom is 0.243 e. The fourth-order valence-electron chi connectivity index (χ4n) is 3.23. The number of aromatic nitrogens is 2. The molecule has 1 aliphatic carbocycles. The number of carbonyl (C=O) groups excluding carboxylic acids is 2. The number of nitrogens with one attached hydrogen (secondary N) is 3. The smallest absolute Gasteiger partial charge is 0.243 e. The molecular formula is C22H22FN5O4. The Balaban J connectivity index is 1.48. The molecule has 1 aromatic heterocycles. The lowest BCUT2D eigenvalue weighted by atomic mass is 9.97. The number of hydrogen-bond acceptors (Lipinski definition) is 8. The molecule has 32 heavy (non-hydrogen) atoms. The predicted octanol–water partition coefficient (Wildman–Crippen LogP) is 2.85. The molecule has 0 fully saturated rings. The van der Waals surface area contributed by atoms with Gasteiger partial charge in [0.25, 0.3) is 0 Å². The monoisotopic (exact) mass is 439 g/mol. The molecule has 3 N–H and O–H groups in total. The maximum atomic E-state index is 14.3. The van der Waals surface area contributed by atoms with E-state index in [1.54, 1.807) is 24.3 Å². The molecule has 0 radical (unpaired) electrons. The summed E-state index contributed by atoms with van der Waals surface area (Å²) in [5.74, 6) is 0.0552. The largest absolute Gasteiger partial charge is 0.486 e. The van der Waals surface area contributed by atoms with Crippen molar-refractivity contribution < 1.29 is 23.5 Å². The molecule has 1 amide bonds. The molecule has 4 rings (SSSR count). The van der Waals surface area contributed by atoms with E-state index < -0.39 is 5.82 Å². The zero-order valence-electron chi connectivity index (χ0n) is 17.6. The molecule has 2 aliphatic rings. The first kappa shape index (κ1) is 21.3. The number of fused-ring (bicyclic) bond motifs is 1. The normalized spacial score (nSPS) is 18.7. The minimum atomic E-state index is -0.654. The molecule has 1 aromatic carbocycles. The van der Waals surface area contributed by atoms with Gasteiger partial charge in [0, 0.05) is 31.3 Å². The van der Waals surface area contributed by atoms with E-state index in [2.05, 4.69) is 25.9 Å². The van der Waals surface area contributed by atoms with Gasteiger partial charge in [-0.25, -0.2) is 9.37 Å². The van der Waals surface area contributed by atoms with Crippen LogP contribution in [-0.2, 0) is 9.59 Å². The van der Waals surface area contributed by atoms with E-state index in [4.69, 9.17) is 9.47 Å². The van der Waals surface area contributed by atoms with Crippen molar-refractivity contribution in [3.63, 3.8) is 0 Å². The minimum absolute atomic E-state index is 0.0403. The van der Waals surface area contributed by atoms with Crippen molar-refractivity contribution in [2.24, 2.45) is 0 Å². The molecule has 1 atom stereocenters. The molecule has 1 unspecified atom stereocenters. The van der Waals surface area contributed by atoms with Crippen LogP contribution in [0.1, 0.15) is 19.8 Å². The Morgan fingerprint density at radius 3 is 2.91 bits per heavy atom. The summed E-state index contributed by atoms with van der Waals surface area (Å²) in [4.78, 5) is 31.9. The lowest BCUT2D eigenvalue weighted by Gasteiger charge is -2.24. The topological polar surface area (TPSA) is 114 Å². The molecule has 9 nitrogen and oxygen atoms in total. The van der Waals surface area contributed by atoms with Gasteiger partial charge in [0.15, 0.2) is 28.9 Å². The van der Waals surface area contributed by atoms with Crippen LogP contribution in [0.4, 0.5) is 21.8 Å². The van der Waals surface area contributed by atoms with Crippen molar-refractivity contribution in [2.45, 2.75) is 25.9 Å². The van der Waals surface area contributed by atoms with Crippen LogP contribution < -0.4 is 25.4 Å². The van der Waals surface area contributed by atoms with Crippen molar-refractivity contribution >= 4 is 29.1 Å². The first-order valence-electron chi connectivity index (χ1n) is 10.1. The lowest BCUT2D eigenvalue weighted by molar-refractivity contribution is -0.116. The molecule has 0 spiro atoms. The third-order valence-corrected chi connectivity index (χ3v) is 4.84.